The maximum atomic E-state index is 12.6. The molecule has 7 nitrogen and oxygen atoms in total. The number of hydrogen-bond donors (Lipinski definition) is 4. The molecule has 0 fully saturated rings. The first-order chi connectivity index (χ1) is 12.4. The van der Waals surface area contributed by atoms with E-state index in [4.69, 9.17) is 9.84 Å². The van der Waals surface area contributed by atoms with Crippen molar-refractivity contribution < 1.29 is 24.5 Å². The third-order valence-electron chi connectivity index (χ3n) is 3.89. The molecule has 0 spiro atoms. The van der Waals surface area contributed by atoms with Crippen molar-refractivity contribution in [1.82, 2.24) is 10.6 Å². The molecule has 1 unspecified atom stereocenters. The molecular formula is C19H28N2O5. The van der Waals surface area contributed by atoms with Crippen LogP contribution in [0.4, 0.5) is 0 Å². The highest BCUT2D eigenvalue weighted by molar-refractivity contribution is 6.00. The SMILES string of the molecule is C=CCC(C(=O)N[C@@H](COC)[C@@H](O)c1ccccc1)C(=O)N[C@@H](C)CO. The Balaban J connectivity index is 2.88. The summed E-state index contributed by atoms with van der Waals surface area (Å²) in [7, 11) is 1.47. The summed E-state index contributed by atoms with van der Waals surface area (Å²) in [5, 5.41) is 24.9. The zero-order chi connectivity index (χ0) is 19.5. The first-order valence-electron chi connectivity index (χ1n) is 8.49. The van der Waals surface area contributed by atoms with Crippen LogP contribution in [0.25, 0.3) is 0 Å². The smallest absolute Gasteiger partial charge is 0.233 e. The van der Waals surface area contributed by atoms with Gasteiger partial charge in [0, 0.05) is 13.2 Å². The van der Waals surface area contributed by atoms with Crippen molar-refractivity contribution in [2.75, 3.05) is 20.3 Å². The van der Waals surface area contributed by atoms with Crippen molar-refractivity contribution >= 4 is 11.8 Å². The molecule has 1 aromatic rings. The maximum absolute atomic E-state index is 12.6. The van der Waals surface area contributed by atoms with Gasteiger partial charge < -0.3 is 25.6 Å². The number of amides is 2. The quantitative estimate of drug-likeness (QED) is 0.339. The average Bonchev–Trinajstić information content (AvgIpc) is 2.65. The second kappa shape index (κ2) is 11.4. The van der Waals surface area contributed by atoms with Gasteiger partial charge in [-0.25, -0.2) is 0 Å². The maximum Gasteiger partial charge on any atom is 0.233 e. The van der Waals surface area contributed by atoms with Crippen LogP contribution in [0.1, 0.15) is 25.0 Å². The summed E-state index contributed by atoms with van der Waals surface area (Å²) >= 11 is 0. The van der Waals surface area contributed by atoms with Crippen LogP contribution in [0.3, 0.4) is 0 Å². The van der Waals surface area contributed by atoms with Gasteiger partial charge >= 0.3 is 0 Å². The van der Waals surface area contributed by atoms with Crippen molar-refractivity contribution in [2.24, 2.45) is 5.92 Å². The number of carbonyl (C=O) groups is 2. The Morgan fingerprint density at radius 1 is 1.23 bits per heavy atom. The predicted octanol–water partition coefficient (Wildman–Crippen LogP) is 0.541. The first-order valence-corrected chi connectivity index (χ1v) is 8.49. The van der Waals surface area contributed by atoms with Crippen molar-refractivity contribution in [3.05, 3.63) is 48.6 Å². The lowest BCUT2D eigenvalue weighted by molar-refractivity contribution is -0.136. The topological polar surface area (TPSA) is 108 Å². The number of aliphatic hydroxyl groups excluding tert-OH is 2. The molecule has 0 saturated heterocycles. The van der Waals surface area contributed by atoms with Crippen LogP contribution in [-0.4, -0.2) is 54.4 Å². The number of aliphatic hydroxyl groups is 2. The summed E-state index contributed by atoms with van der Waals surface area (Å²) in [6, 6.07) is 7.71. The summed E-state index contributed by atoms with van der Waals surface area (Å²) < 4.78 is 5.10. The molecule has 0 heterocycles. The molecule has 0 bridgehead atoms. The van der Waals surface area contributed by atoms with E-state index >= 15 is 0 Å². The van der Waals surface area contributed by atoms with Crippen molar-refractivity contribution in [2.45, 2.75) is 31.5 Å². The fraction of sp³-hybridized carbons (Fsp3) is 0.474. The van der Waals surface area contributed by atoms with Crippen LogP contribution in [0.5, 0.6) is 0 Å². The zero-order valence-electron chi connectivity index (χ0n) is 15.2. The minimum atomic E-state index is -1.01. The molecule has 1 aromatic carbocycles. The van der Waals surface area contributed by atoms with E-state index in [1.165, 1.54) is 13.2 Å². The van der Waals surface area contributed by atoms with Crippen LogP contribution < -0.4 is 10.6 Å². The van der Waals surface area contributed by atoms with E-state index in [1.54, 1.807) is 31.2 Å². The fourth-order valence-electron chi connectivity index (χ4n) is 2.45. The lowest BCUT2D eigenvalue weighted by Gasteiger charge is -2.26. The fourth-order valence-corrected chi connectivity index (χ4v) is 2.45. The predicted molar refractivity (Wildman–Crippen MR) is 98.2 cm³/mol. The van der Waals surface area contributed by atoms with Crippen LogP contribution in [0, 0.1) is 5.92 Å². The molecule has 0 aromatic heterocycles. The number of methoxy groups -OCH3 is 1. The van der Waals surface area contributed by atoms with Crippen molar-refractivity contribution in [3.8, 4) is 0 Å². The van der Waals surface area contributed by atoms with Crippen LogP contribution >= 0.6 is 0 Å². The molecule has 0 saturated carbocycles. The van der Waals surface area contributed by atoms with Gasteiger partial charge in [0.1, 0.15) is 12.0 Å². The zero-order valence-corrected chi connectivity index (χ0v) is 15.2. The number of rotatable bonds is 11. The standard InChI is InChI=1S/C19H28N2O5/c1-4-8-15(18(24)20-13(2)11-22)19(25)21-16(12-26-3)17(23)14-9-6-5-7-10-14/h4-7,9-10,13,15-17,22-23H,1,8,11-12H2,2-3H3,(H,20,24)(H,21,25)/t13-,15?,16-,17-/m0/s1. The second-order valence-electron chi connectivity index (χ2n) is 6.10. The normalized spacial score (nSPS) is 15.4. The Labute approximate surface area is 154 Å². The van der Waals surface area contributed by atoms with Gasteiger partial charge in [0.25, 0.3) is 0 Å². The van der Waals surface area contributed by atoms with Crippen LogP contribution in [0.15, 0.2) is 43.0 Å². The molecule has 1 rings (SSSR count). The molecule has 7 heteroatoms. The lowest BCUT2D eigenvalue weighted by Crippen LogP contribution is -2.50. The molecule has 0 aliphatic rings. The summed E-state index contributed by atoms with van der Waals surface area (Å²) in [5.41, 5.74) is 0.633. The summed E-state index contributed by atoms with van der Waals surface area (Å²) in [4.78, 5) is 24.9. The van der Waals surface area contributed by atoms with E-state index in [9.17, 15) is 14.7 Å². The third kappa shape index (κ3) is 6.59. The molecule has 0 aliphatic carbocycles. The Hall–Kier alpha value is -2.22. The molecule has 144 valence electrons. The van der Waals surface area contributed by atoms with E-state index in [-0.39, 0.29) is 19.6 Å². The minimum absolute atomic E-state index is 0.0806. The van der Waals surface area contributed by atoms with Gasteiger partial charge in [-0.15, -0.1) is 6.58 Å². The molecular weight excluding hydrogens is 336 g/mol. The van der Waals surface area contributed by atoms with Gasteiger partial charge in [0.05, 0.1) is 19.3 Å². The first kappa shape index (κ1) is 21.8. The van der Waals surface area contributed by atoms with Gasteiger partial charge in [-0.3, -0.25) is 9.59 Å². The summed E-state index contributed by atoms with van der Waals surface area (Å²) in [6.45, 7) is 5.06. The highest BCUT2D eigenvalue weighted by Crippen LogP contribution is 2.18. The van der Waals surface area contributed by atoms with Crippen molar-refractivity contribution in [3.63, 3.8) is 0 Å². The number of ether oxygens (including phenoxy) is 1. The van der Waals surface area contributed by atoms with Crippen molar-refractivity contribution in [1.29, 1.82) is 0 Å². The van der Waals surface area contributed by atoms with Gasteiger partial charge in [0.2, 0.25) is 11.8 Å². The number of benzene rings is 1. The Kier molecular flexibility index (Phi) is 9.57. The molecule has 0 radical (unpaired) electrons. The highest BCUT2D eigenvalue weighted by atomic mass is 16.5. The van der Waals surface area contributed by atoms with E-state index in [2.05, 4.69) is 17.2 Å². The molecule has 0 aliphatic heterocycles. The van der Waals surface area contributed by atoms with Gasteiger partial charge in [-0.05, 0) is 18.9 Å². The number of nitrogens with one attached hydrogen (secondary N) is 2. The number of hydrogen-bond acceptors (Lipinski definition) is 5. The van der Waals surface area contributed by atoms with E-state index in [1.807, 2.05) is 6.07 Å². The van der Waals surface area contributed by atoms with Crippen LogP contribution in [0.2, 0.25) is 0 Å². The Morgan fingerprint density at radius 2 is 1.85 bits per heavy atom. The molecule has 4 atom stereocenters. The number of carbonyl (C=O) groups excluding carboxylic acids is 2. The Bertz CT molecular complexity index is 579. The van der Waals surface area contributed by atoms with E-state index < -0.39 is 35.9 Å². The van der Waals surface area contributed by atoms with E-state index in [0.717, 1.165) is 0 Å². The van der Waals surface area contributed by atoms with Gasteiger partial charge in [0.15, 0.2) is 0 Å². The minimum Gasteiger partial charge on any atom is -0.394 e. The molecule has 4 N–H and O–H groups in total. The Morgan fingerprint density at radius 3 is 2.38 bits per heavy atom. The average molecular weight is 364 g/mol. The third-order valence-corrected chi connectivity index (χ3v) is 3.89. The molecule has 26 heavy (non-hydrogen) atoms. The largest absolute Gasteiger partial charge is 0.394 e. The molecule has 2 amide bonds. The summed E-state index contributed by atoms with van der Waals surface area (Å²) in [5.74, 6) is -2.05. The van der Waals surface area contributed by atoms with Gasteiger partial charge in [-0.1, -0.05) is 36.4 Å². The van der Waals surface area contributed by atoms with Gasteiger partial charge in [-0.2, -0.15) is 0 Å². The van der Waals surface area contributed by atoms with Crippen LogP contribution in [-0.2, 0) is 14.3 Å². The highest BCUT2D eigenvalue weighted by Gasteiger charge is 2.30. The van der Waals surface area contributed by atoms with E-state index in [0.29, 0.717) is 5.56 Å². The monoisotopic (exact) mass is 364 g/mol. The number of allylic oxidation sites excluding steroid dienone is 1. The summed E-state index contributed by atoms with van der Waals surface area (Å²) in [6.07, 6.45) is 0.632. The second-order valence-corrected chi connectivity index (χ2v) is 6.10. The lowest BCUT2D eigenvalue weighted by atomic mass is 9.99.